The van der Waals surface area contributed by atoms with Gasteiger partial charge < -0.3 is 15.5 Å². The van der Waals surface area contributed by atoms with Crippen LogP contribution in [0.25, 0.3) is 0 Å². The van der Waals surface area contributed by atoms with E-state index in [4.69, 9.17) is 5.11 Å². The van der Waals surface area contributed by atoms with Crippen molar-refractivity contribution in [3.63, 3.8) is 0 Å². The number of rotatable bonds is 3. The first-order chi connectivity index (χ1) is 9.88. The number of carboxylic acid groups (broad SMARTS) is 1. The lowest BCUT2D eigenvalue weighted by atomic mass is 10.1. The van der Waals surface area contributed by atoms with Crippen molar-refractivity contribution in [3.05, 3.63) is 56.3 Å². The van der Waals surface area contributed by atoms with Crippen LogP contribution in [0.5, 0.6) is 5.88 Å². The van der Waals surface area contributed by atoms with Crippen molar-refractivity contribution in [1.82, 2.24) is 4.98 Å². The van der Waals surface area contributed by atoms with Crippen LogP contribution < -0.4 is 10.9 Å². The molecular weight excluding hydrogens is 344 g/mol. The van der Waals surface area contributed by atoms with Gasteiger partial charge in [0.15, 0.2) is 5.88 Å². The number of aromatic hydroxyl groups is 1. The normalized spacial score (nSPS) is 10.1. The average molecular weight is 353 g/mol. The topological polar surface area (TPSA) is 119 Å². The Bertz CT molecular complexity index is 784. The molecule has 0 aliphatic rings. The van der Waals surface area contributed by atoms with E-state index in [2.05, 4.69) is 26.2 Å². The Balaban J connectivity index is 2.40. The first kappa shape index (κ1) is 14.8. The van der Waals surface area contributed by atoms with Crippen LogP contribution in [0.4, 0.5) is 5.69 Å². The predicted molar refractivity (Wildman–Crippen MR) is 77.8 cm³/mol. The van der Waals surface area contributed by atoms with Gasteiger partial charge in [0.05, 0.1) is 16.8 Å². The summed E-state index contributed by atoms with van der Waals surface area (Å²) in [6, 6.07) is 6.47. The highest BCUT2D eigenvalue weighted by Crippen LogP contribution is 2.27. The van der Waals surface area contributed by atoms with Crippen LogP contribution in [-0.4, -0.2) is 27.1 Å². The van der Waals surface area contributed by atoms with Gasteiger partial charge in [0.2, 0.25) is 0 Å². The van der Waals surface area contributed by atoms with Crippen molar-refractivity contribution in [1.29, 1.82) is 0 Å². The van der Waals surface area contributed by atoms with Crippen LogP contribution in [0.1, 0.15) is 20.7 Å². The van der Waals surface area contributed by atoms with E-state index in [1.807, 2.05) is 0 Å². The molecule has 0 aliphatic carbocycles. The fourth-order valence-corrected chi connectivity index (χ4v) is 2.14. The monoisotopic (exact) mass is 352 g/mol. The molecule has 1 aromatic heterocycles. The summed E-state index contributed by atoms with van der Waals surface area (Å²) in [5.41, 5.74) is -0.782. The van der Waals surface area contributed by atoms with Crippen molar-refractivity contribution in [3.8, 4) is 5.88 Å². The fraction of sp³-hybridized carbons (Fsp3) is 0. The molecule has 21 heavy (non-hydrogen) atoms. The van der Waals surface area contributed by atoms with Gasteiger partial charge in [-0.25, -0.2) is 4.79 Å². The molecule has 1 heterocycles. The highest BCUT2D eigenvalue weighted by molar-refractivity contribution is 9.10. The van der Waals surface area contributed by atoms with Gasteiger partial charge in [0.1, 0.15) is 0 Å². The summed E-state index contributed by atoms with van der Waals surface area (Å²) in [5.74, 6) is -2.38. The number of halogens is 1. The van der Waals surface area contributed by atoms with Crippen LogP contribution in [0.2, 0.25) is 0 Å². The standard InChI is InChI=1S/C13H9BrN2O5/c14-8-3-1-2-7(13(20)21)11(8)16-12(19)6-4-9(17)15-10(18)5-6/h1-5H,(H,16,19)(H,20,21)(H2,15,17,18). The summed E-state index contributed by atoms with van der Waals surface area (Å²) in [4.78, 5) is 36.5. The molecule has 108 valence electrons. The largest absolute Gasteiger partial charge is 0.494 e. The number of aromatic amines is 1. The van der Waals surface area contributed by atoms with Crippen molar-refractivity contribution in [2.24, 2.45) is 0 Å². The van der Waals surface area contributed by atoms with Gasteiger partial charge in [-0.15, -0.1) is 0 Å². The number of carbonyl (C=O) groups is 2. The molecule has 0 fully saturated rings. The van der Waals surface area contributed by atoms with Gasteiger partial charge in [0.25, 0.3) is 11.5 Å². The quantitative estimate of drug-likeness (QED) is 0.671. The highest BCUT2D eigenvalue weighted by atomic mass is 79.9. The van der Waals surface area contributed by atoms with Crippen molar-refractivity contribution in [2.75, 3.05) is 5.32 Å². The average Bonchev–Trinajstić information content (AvgIpc) is 2.39. The number of anilines is 1. The third-order valence-electron chi connectivity index (χ3n) is 2.57. The van der Waals surface area contributed by atoms with Gasteiger partial charge in [0, 0.05) is 16.6 Å². The zero-order valence-electron chi connectivity index (χ0n) is 10.4. The lowest BCUT2D eigenvalue weighted by Gasteiger charge is -2.10. The fourth-order valence-electron chi connectivity index (χ4n) is 1.67. The van der Waals surface area contributed by atoms with Crippen LogP contribution >= 0.6 is 15.9 Å². The minimum atomic E-state index is -1.21. The predicted octanol–water partition coefficient (Wildman–Crippen LogP) is 1.79. The molecule has 0 saturated heterocycles. The van der Waals surface area contributed by atoms with E-state index in [0.717, 1.165) is 12.1 Å². The van der Waals surface area contributed by atoms with E-state index >= 15 is 0 Å². The summed E-state index contributed by atoms with van der Waals surface area (Å²) in [6.45, 7) is 0. The van der Waals surface area contributed by atoms with E-state index in [1.54, 1.807) is 6.07 Å². The van der Waals surface area contributed by atoms with Crippen LogP contribution in [-0.2, 0) is 0 Å². The number of pyridine rings is 1. The lowest BCUT2D eigenvalue weighted by molar-refractivity contribution is 0.0698. The number of hydrogen-bond donors (Lipinski definition) is 4. The Morgan fingerprint density at radius 3 is 2.57 bits per heavy atom. The number of hydrogen-bond acceptors (Lipinski definition) is 4. The van der Waals surface area contributed by atoms with Crippen LogP contribution in [0.15, 0.2) is 39.6 Å². The molecule has 0 radical (unpaired) electrons. The highest BCUT2D eigenvalue weighted by Gasteiger charge is 2.16. The lowest BCUT2D eigenvalue weighted by Crippen LogP contribution is -2.18. The van der Waals surface area contributed by atoms with Gasteiger partial charge in [-0.05, 0) is 28.1 Å². The Labute approximate surface area is 126 Å². The number of amides is 1. The van der Waals surface area contributed by atoms with E-state index in [9.17, 15) is 19.5 Å². The third-order valence-corrected chi connectivity index (χ3v) is 3.24. The Kier molecular flexibility index (Phi) is 4.08. The maximum Gasteiger partial charge on any atom is 0.337 e. The Hall–Kier alpha value is -2.61. The first-order valence-corrected chi connectivity index (χ1v) is 6.44. The van der Waals surface area contributed by atoms with Crippen molar-refractivity contribution < 1.29 is 19.8 Å². The van der Waals surface area contributed by atoms with Gasteiger partial charge in [-0.2, -0.15) is 0 Å². The molecule has 4 N–H and O–H groups in total. The number of carbonyl (C=O) groups excluding carboxylic acids is 1. The van der Waals surface area contributed by atoms with Gasteiger partial charge in [-0.3, -0.25) is 14.6 Å². The summed E-state index contributed by atoms with van der Waals surface area (Å²) >= 11 is 3.15. The second-order valence-corrected chi connectivity index (χ2v) is 4.89. The summed E-state index contributed by atoms with van der Waals surface area (Å²) in [5, 5.41) is 20.8. The van der Waals surface area contributed by atoms with E-state index in [0.29, 0.717) is 4.47 Å². The molecule has 0 bridgehead atoms. The molecule has 7 nitrogen and oxygen atoms in total. The summed E-state index contributed by atoms with van der Waals surface area (Å²) < 4.78 is 0.379. The van der Waals surface area contributed by atoms with Crippen molar-refractivity contribution >= 4 is 33.5 Å². The number of H-pyrrole nitrogens is 1. The number of carboxylic acids is 1. The summed E-state index contributed by atoms with van der Waals surface area (Å²) in [7, 11) is 0. The Morgan fingerprint density at radius 2 is 1.95 bits per heavy atom. The molecule has 0 spiro atoms. The molecule has 2 aromatic rings. The van der Waals surface area contributed by atoms with Gasteiger partial charge >= 0.3 is 5.97 Å². The van der Waals surface area contributed by atoms with Gasteiger partial charge in [-0.1, -0.05) is 6.07 Å². The maximum atomic E-state index is 12.1. The number of benzene rings is 1. The van der Waals surface area contributed by atoms with Crippen molar-refractivity contribution in [2.45, 2.75) is 0 Å². The summed E-state index contributed by atoms with van der Waals surface area (Å²) in [6.07, 6.45) is 0. The minimum Gasteiger partial charge on any atom is -0.494 e. The number of para-hydroxylation sites is 1. The SMILES string of the molecule is O=C(Nc1c(Br)cccc1C(=O)O)c1cc(O)[nH]c(=O)c1. The van der Waals surface area contributed by atoms with E-state index in [1.165, 1.54) is 12.1 Å². The van der Waals surface area contributed by atoms with E-state index < -0.39 is 23.3 Å². The molecular formula is C13H9BrN2O5. The van der Waals surface area contributed by atoms with E-state index in [-0.39, 0.29) is 16.8 Å². The number of aromatic carboxylic acids is 1. The van der Waals surface area contributed by atoms with Crippen LogP contribution in [0, 0.1) is 0 Å². The molecule has 8 heteroatoms. The molecule has 2 rings (SSSR count). The second kappa shape index (κ2) is 5.80. The Morgan fingerprint density at radius 1 is 1.24 bits per heavy atom. The molecule has 0 saturated carbocycles. The maximum absolute atomic E-state index is 12.1. The smallest absolute Gasteiger partial charge is 0.337 e. The minimum absolute atomic E-state index is 0.0646. The second-order valence-electron chi connectivity index (χ2n) is 4.04. The molecule has 1 aromatic carbocycles. The number of nitrogens with one attached hydrogen (secondary N) is 2. The third kappa shape index (κ3) is 3.29. The molecule has 0 unspecified atom stereocenters. The zero-order valence-corrected chi connectivity index (χ0v) is 12.0. The zero-order chi connectivity index (χ0) is 15.6. The molecule has 0 aliphatic heterocycles. The van der Waals surface area contributed by atoms with Crippen LogP contribution in [0.3, 0.4) is 0 Å². The molecule has 0 atom stereocenters. The first-order valence-electron chi connectivity index (χ1n) is 5.65. The molecule has 1 amide bonds. The number of aromatic nitrogens is 1.